The summed E-state index contributed by atoms with van der Waals surface area (Å²) in [6.45, 7) is 10.2. The van der Waals surface area contributed by atoms with Crippen molar-refractivity contribution in [2.75, 3.05) is 46.5 Å². The summed E-state index contributed by atoms with van der Waals surface area (Å²) in [5.41, 5.74) is 1.67. The third-order valence-electron chi connectivity index (χ3n) is 4.48. The van der Waals surface area contributed by atoms with Crippen LogP contribution < -0.4 is 19.5 Å². The van der Waals surface area contributed by atoms with E-state index in [0.717, 1.165) is 18.7 Å². The van der Waals surface area contributed by atoms with Crippen LogP contribution in [0.25, 0.3) is 0 Å². The lowest BCUT2D eigenvalue weighted by atomic mass is 10.2. The van der Waals surface area contributed by atoms with Crippen molar-refractivity contribution in [3.05, 3.63) is 29.5 Å². The lowest BCUT2D eigenvalue weighted by Crippen LogP contribution is -2.35. The lowest BCUT2D eigenvalue weighted by Gasteiger charge is -2.22. The van der Waals surface area contributed by atoms with Gasteiger partial charge in [0.1, 0.15) is 25.0 Å². The van der Waals surface area contributed by atoms with Gasteiger partial charge in [0.15, 0.2) is 11.5 Å². The van der Waals surface area contributed by atoms with E-state index in [0.29, 0.717) is 49.3 Å². The molecule has 9 nitrogen and oxygen atoms in total. The summed E-state index contributed by atoms with van der Waals surface area (Å²) in [7, 11) is 1.60. The monoisotopic (exact) mass is 408 g/mol. The Kier molecular flexibility index (Phi) is 9.69. The zero-order valence-electron chi connectivity index (χ0n) is 17.7. The van der Waals surface area contributed by atoms with Crippen molar-refractivity contribution in [1.29, 1.82) is 0 Å². The van der Waals surface area contributed by atoms with Gasteiger partial charge in [-0.2, -0.15) is 0 Å². The van der Waals surface area contributed by atoms with E-state index in [1.807, 2.05) is 18.2 Å². The Hall–Kier alpha value is -2.36. The van der Waals surface area contributed by atoms with E-state index in [4.69, 9.17) is 14.2 Å². The van der Waals surface area contributed by atoms with E-state index in [1.54, 1.807) is 14.0 Å². The summed E-state index contributed by atoms with van der Waals surface area (Å²) in [6, 6.07) is 5.75. The molecule has 1 aromatic heterocycles. The molecule has 0 aliphatic heterocycles. The molecule has 9 heteroatoms. The molecule has 1 atom stereocenters. The molecule has 0 bridgehead atoms. The highest BCUT2D eigenvalue weighted by Crippen LogP contribution is 2.28. The Balaban J connectivity index is 1.80. The van der Waals surface area contributed by atoms with Gasteiger partial charge in [-0.1, -0.05) is 25.1 Å². The fourth-order valence-electron chi connectivity index (χ4n) is 2.77. The number of aliphatic hydroxyl groups excluding tert-OH is 1. The lowest BCUT2D eigenvalue weighted by molar-refractivity contribution is 0.0705. The van der Waals surface area contributed by atoms with Gasteiger partial charge in [0, 0.05) is 19.6 Å². The van der Waals surface area contributed by atoms with Gasteiger partial charge in [0.2, 0.25) is 0 Å². The first-order chi connectivity index (χ1) is 14.1. The summed E-state index contributed by atoms with van der Waals surface area (Å²) in [4.78, 5) is 2.16. The Morgan fingerprint density at radius 2 is 1.97 bits per heavy atom. The van der Waals surface area contributed by atoms with Crippen molar-refractivity contribution in [2.45, 2.75) is 33.4 Å². The van der Waals surface area contributed by atoms with Crippen LogP contribution in [0.1, 0.15) is 25.1 Å². The van der Waals surface area contributed by atoms with Crippen LogP contribution in [0.3, 0.4) is 0 Å². The Morgan fingerprint density at radius 1 is 1.17 bits per heavy atom. The smallest absolute Gasteiger partial charge is 0.278 e. The van der Waals surface area contributed by atoms with E-state index in [2.05, 4.69) is 39.0 Å². The third kappa shape index (κ3) is 7.52. The van der Waals surface area contributed by atoms with E-state index in [-0.39, 0.29) is 6.61 Å². The SMILES string of the molecule is CCN(CC)C[C@H](O)COc1cc(CNCCOc2nonc2C)ccc1OC. The zero-order valence-corrected chi connectivity index (χ0v) is 17.7. The highest BCUT2D eigenvalue weighted by Gasteiger charge is 2.12. The second-order valence-corrected chi connectivity index (χ2v) is 6.62. The number of hydrogen-bond donors (Lipinski definition) is 2. The van der Waals surface area contributed by atoms with Gasteiger partial charge in [0.05, 0.1) is 7.11 Å². The molecule has 29 heavy (non-hydrogen) atoms. The molecule has 0 aliphatic rings. The number of nitrogens with one attached hydrogen (secondary N) is 1. The minimum Gasteiger partial charge on any atom is -0.493 e. The van der Waals surface area contributed by atoms with Crippen molar-refractivity contribution in [1.82, 2.24) is 20.5 Å². The number of aromatic nitrogens is 2. The average Bonchev–Trinajstić information content (AvgIpc) is 3.15. The molecule has 2 rings (SSSR count). The topological polar surface area (TPSA) is 102 Å². The molecule has 0 unspecified atom stereocenters. The Labute approximate surface area is 171 Å². The molecule has 2 aromatic rings. The molecule has 0 radical (unpaired) electrons. The van der Waals surface area contributed by atoms with Gasteiger partial charge < -0.3 is 29.5 Å². The third-order valence-corrected chi connectivity index (χ3v) is 4.48. The zero-order chi connectivity index (χ0) is 21.1. The first kappa shape index (κ1) is 22.9. The molecule has 0 aliphatic carbocycles. The predicted molar refractivity (Wildman–Crippen MR) is 109 cm³/mol. The van der Waals surface area contributed by atoms with E-state index < -0.39 is 6.10 Å². The van der Waals surface area contributed by atoms with Gasteiger partial charge in [-0.3, -0.25) is 0 Å². The van der Waals surface area contributed by atoms with Crippen LogP contribution in [0.2, 0.25) is 0 Å². The van der Waals surface area contributed by atoms with Crippen LogP contribution in [0.4, 0.5) is 0 Å². The quantitative estimate of drug-likeness (QED) is 0.452. The highest BCUT2D eigenvalue weighted by atomic mass is 16.6. The van der Waals surface area contributed by atoms with Crippen LogP contribution >= 0.6 is 0 Å². The molecule has 162 valence electrons. The van der Waals surface area contributed by atoms with Crippen molar-refractivity contribution < 1.29 is 23.9 Å². The first-order valence-corrected chi connectivity index (χ1v) is 9.90. The number of methoxy groups -OCH3 is 1. The number of benzene rings is 1. The molecule has 0 spiro atoms. The van der Waals surface area contributed by atoms with Gasteiger partial charge in [-0.15, -0.1) is 0 Å². The van der Waals surface area contributed by atoms with Crippen LogP contribution in [-0.4, -0.2) is 72.9 Å². The normalized spacial score (nSPS) is 12.2. The molecular formula is C20H32N4O5. The second-order valence-electron chi connectivity index (χ2n) is 6.62. The van der Waals surface area contributed by atoms with E-state index in [1.165, 1.54) is 0 Å². The van der Waals surface area contributed by atoms with Crippen LogP contribution in [0.15, 0.2) is 22.8 Å². The highest BCUT2D eigenvalue weighted by molar-refractivity contribution is 5.43. The fraction of sp³-hybridized carbons (Fsp3) is 0.600. The largest absolute Gasteiger partial charge is 0.493 e. The summed E-state index contributed by atoms with van der Waals surface area (Å²) >= 11 is 0. The number of likely N-dealkylation sites (N-methyl/N-ethyl adjacent to an activating group) is 1. The minimum absolute atomic E-state index is 0.211. The molecule has 2 N–H and O–H groups in total. The maximum Gasteiger partial charge on any atom is 0.278 e. The average molecular weight is 408 g/mol. The number of aliphatic hydroxyl groups is 1. The van der Waals surface area contributed by atoms with E-state index >= 15 is 0 Å². The summed E-state index contributed by atoms with van der Waals surface area (Å²) in [5.74, 6) is 1.67. The molecular weight excluding hydrogens is 376 g/mol. The van der Waals surface area contributed by atoms with Crippen molar-refractivity contribution in [2.24, 2.45) is 0 Å². The number of ether oxygens (including phenoxy) is 3. The van der Waals surface area contributed by atoms with Gasteiger partial charge in [-0.05, 0) is 42.9 Å². The fourth-order valence-corrected chi connectivity index (χ4v) is 2.77. The van der Waals surface area contributed by atoms with Crippen molar-refractivity contribution in [3.63, 3.8) is 0 Å². The van der Waals surface area contributed by atoms with E-state index in [9.17, 15) is 5.11 Å². The predicted octanol–water partition coefficient (Wildman–Crippen LogP) is 1.64. The summed E-state index contributed by atoms with van der Waals surface area (Å²) in [5, 5.41) is 20.9. The summed E-state index contributed by atoms with van der Waals surface area (Å²) < 4.78 is 21.3. The van der Waals surface area contributed by atoms with Crippen LogP contribution in [-0.2, 0) is 6.54 Å². The Morgan fingerprint density at radius 3 is 2.62 bits per heavy atom. The van der Waals surface area contributed by atoms with Crippen LogP contribution in [0.5, 0.6) is 17.4 Å². The molecule has 0 fully saturated rings. The number of hydrogen-bond acceptors (Lipinski definition) is 9. The van der Waals surface area contributed by atoms with Gasteiger partial charge >= 0.3 is 0 Å². The molecule has 0 amide bonds. The van der Waals surface area contributed by atoms with Gasteiger partial charge in [0.25, 0.3) is 5.88 Å². The van der Waals surface area contributed by atoms with Gasteiger partial charge in [-0.25, -0.2) is 4.63 Å². The Bertz CT molecular complexity index is 721. The standard InChI is InChI=1S/C20H32N4O5/c1-5-24(6-2)13-17(25)14-28-19-11-16(7-8-18(19)26-4)12-21-9-10-27-20-15(3)22-29-23-20/h7-8,11,17,21,25H,5-6,9-10,12-14H2,1-4H3/t17-/m0/s1. The molecule has 1 aromatic carbocycles. The van der Waals surface area contributed by atoms with Crippen molar-refractivity contribution >= 4 is 0 Å². The number of aryl methyl sites for hydroxylation is 1. The maximum atomic E-state index is 10.2. The van der Waals surface area contributed by atoms with Crippen molar-refractivity contribution in [3.8, 4) is 17.4 Å². The minimum atomic E-state index is -0.562. The first-order valence-electron chi connectivity index (χ1n) is 9.90. The number of rotatable bonds is 14. The second kappa shape index (κ2) is 12.3. The maximum absolute atomic E-state index is 10.2. The number of nitrogens with zero attached hydrogens (tertiary/aromatic N) is 3. The molecule has 0 saturated carbocycles. The van der Waals surface area contributed by atoms with Crippen LogP contribution in [0, 0.1) is 6.92 Å². The molecule has 1 heterocycles. The molecule has 0 saturated heterocycles. The summed E-state index contributed by atoms with van der Waals surface area (Å²) in [6.07, 6.45) is -0.562.